The lowest BCUT2D eigenvalue weighted by Crippen LogP contribution is -2.38. The monoisotopic (exact) mass is 222 g/mol. The Kier molecular flexibility index (Phi) is 3.24. The second kappa shape index (κ2) is 4.65. The highest BCUT2D eigenvalue weighted by Crippen LogP contribution is 2.20. The fourth-order valence-electron chi connectivity index (χ4n) is 1.99. The van der Waals surface area contributed by atoms with Crippen LogP contribution in [0.3, 0.4) is 0 Å². The zero-order valence-electron chi connectivity index (χ0n) is 9.81. The minimum absolute atomic E-state index is 0.0137. The van der Waals surface area contributed by atoms with Gasteiger partial charge in [0.25, 0.3) is 0 Å². The number of carbonyl (C=O) groups is 1. The minimum atomic E-state index is -0.0137. The molecular weight excluding hydrogens is 204 g/mol. The van der Waals surface area contributed by atoms with Crippen LogP contribution in [-0.4, -0.2) is 34.8 Å². The molecule has 2 heterocycles. The Labute approximate surface area is 95.4 Å². The zero-order chi connectivity index (χ0) is 11.5. The molecule has 0 radical (unpaired) electrons. The molecule has 0 aliphatic carbocycles. The van der Waals surface area contributed by atoms with Crippen LogP contribution in [0.25, 0.3) is 0 Å². The van der Waals surface area contributed by atoms with Crippen molar-refractivity contribution < 1.29 is 4.79 Å². The van der Waals surface area contributed by atoms with Gasteiger partial charge >= 0.3 is 0 Å². The lowest BCUT2D eigenvalue weighted by atomic mass is 10.2. The molecule has 0 spiro atoms. The van der Waals surface area contributed by atoms with Crippen molar-refractivity contribution in [1.29, 1.82) is 0 Å². The van der Waals surface area contributed by atoms with Crippen LogP contribution in [0, 0.1) is 0 Å². The van der Waals surface area contributed by atoms with E-state index in [2.05, 4.69) is 17.3 Å². The van der Waals surface area contributed by atoms with Crippen LogP contribution in [0.4, 0.5) is 5.69 Å². The molecule has 0 saturated carbocycles. The molecule has 1 aromatic rings. The first-order chi connectivity index (χ1) is 7.72. The molecule has 0 bridgehead atoms. The molecule has 1 unspecified atom stereocenters. The summed E-state index contributed by atoms with van der Waals surface area (Å²) >= 11 is 0. The number of nitrogens with zero attached hydrogens (tertiary/aromatic N) is 3. The number of amides is 1. The number of anilines is 1. The molecule has 1 aliphatic rings. The fraction of sp³-hybridized carbons (Fsp3) is 0.636. The first-order valence-corrected chi connectivity index (χ1v) is 5.75. The van der Waals surface area contributed by atoms with Crippen molar-refractivity contribution in [2.24, 2.45) is 7.05 Å². The molecule has 5 nitrogen and oxygen atoms in total. The quantitative estimate of drug-likeness (QED) is 0.808. The Bertz CT molecular complexity index is 374. The number of carbonyl (C=O) groups excluding carboxylic acids is 1. The third-order valence-corrected chi connectivity index (χ3v) is 2.85. The summed E-state index contributed by atoms with van der Waals surface area (Å²) in [6, 6.07) is -0.0137. The van der Waals surface area contributed by atoms with Crippen molar-refractivity contribution in [2.45, 2.75) is 25.8 Å². The van der Waals surface area contributed by atoms with Crippen molar-refractivity contribution in [2.75, 3.05) is 18.0 Å². The number of aryl methyl sites for hydroxylation is 1. The van der Waals surface area contributed by atoms with E-state index in [0.29, 0.717) is 0 Å². The SMILES string of the molecule is CCCNC1CCN(c2cnn(C)c2)C1=O. The molecule has 1 fully saturated rings. The average molecular weight is 222 g/mol. The Morgan fingerprint density at radius 2 is 2.44 bits per heavy atom. The normalized spacial score (nSPS) is 20.8. The van der Waals surface area contributed by atoms with Gasteiger partial charge in [-0.2, -0.15) is 5.10 Å². The summed E-state index contributed by atoms with van der Waals surface area (Å²) in [4.78, 5) is 13.9. The number of hydrogen-bond acceptors (Lipinski definition) is 3. The summed E-state index contributed by atoms with van der Waals surface area (Å²) in [5.41, 5.74) is 0.897. The van der Waals surface area contributed by atoms with E-state index in [1.54, 1.807) is 15.8 Å². The predicted molar refractivity (Wildman–Crippen MR) is 62.3 cm³/mol. The van der Waals surface area contributed by atoms with Crippen LogP contribution in [0.2, 0.25) is 0 Å². The predicted octanol–water partition coefficient (Wildman–Crippen LogP) is 0.525. The molecule has 1 N–H and O–H groups in total. The molecule has 1 saturated heterocycles. The summed E-state index contributed by atoms with van der Waals surface area (Å²) in [6.45, 7) is 3.79. The Hall–Kier alpha value is -1.36. The van der Waals surface area contributed by atoms with E-state index >= 15 is 0 Å². The van der Waals surface area contributed by atoms with Gasteiger partial charge in [0.15, 0.2) is 0 Å². The minimum Gasteiger partial charge on any atom is -0.308 e. The largest absolute Gasteiger partial charge is 0.308 e. The summed E-state index contributed by atoms with van der Waals surface area (Å²) in [5.74, 6) is 0.168. The molecule has 0 aromatic carbocycles. The first kappa shape index (κ1) is 11.1. The van der Waals surface area contributed by atoms with E-state index < -0.39 is 0 Å². The average Bonchev–Trinajstić information content (AvgIpc) is 2.83. The molecule has 16 heavy (non-hydrogen) atoms. The molecule has 1 aromatic heterocycles. The summed E-state index contributed by atoms with van der Waals surface area (Å²) in [6.07, 6.45) is 5.55. The Morgan fingerprint density at radius 1 is 1.62 bits per heavy atom. The van der Waals surface area contributed by atoms with Gasteiger partial charge in [0.05, 0.1) is 17.9 Å². The molecule has 5 heteroatoms. The van der Waals surface area contributed by atoms with E-state index in [1.807, 2.05) is 13.2 Å². The van der Waals surface area contributed by atoms with E-state index in [9.17, 15) is 4.79 Å². The summed E-state index contributed by atoms with van der Waals surface area (Å²) in [5, 5.41) is 7.35. The van der Waals surface area contributed by atoms with Crippen molar-refractivity contribution in [3.05, 3.63) is 12.4 Å². The van der Waals surface area contributed by atoms with Crippen LogP contribution < -0.4 is 10.2 Å². The third-order valence-electron chi connectivity index (χ3n) is 2.85. The standard InChI is InChI=1S/C11H18N4O/c1-3-5-12-10-4-6-15(11(10)16)9-7-13-14(2)8-9/h7-8,10,12H,3-6H2,1-2H3. The van der Waals surface area contributed by atoms with Gasteiger partial charge in [-0.15, -0.1) is 0 Å². The number of aromatic nitrogens is 2. The highest BCUT2D eigenvalue weighted by Gasteiger charge is 2.32. The summed E-state index contributed by atoms with van der Waals surface area (Å²) in [7, 11) is 1.86. The molecular formula is C11H18N4O. The number of nitrogens with one attached hydrogen (secondary N) is 1. The second-order valence-corrected chi connectivity index (χ2v) is 4.16. The highest BCUT2D eigenvalue weighted by atomic mass is 16.2. The third kappa shape index (κ3) is 2.09. The van der Waals surface area contributed by atoms with Crippen LogP contribution in [0.1, 0.15) is 19.8 Å². The smallest absolute Gasteiger partial charge is 0.244 e. The van der Waals surface area contributed by atoms with E-state index in [4.69, 9.17) is 0 Å². The van der Waals surface area contributed by atoms with Gasteiger partial charge in [0, 0.05) is 19.8 Å². The lowest BCUT2D eigenvalue weighted by Gasteiger charge is -2.14. The molecule has 2 rings (SSSR count). The molecule has 88 valence electrons. The van der Waals surface area contributed by atoms with E-state index in [-0.39, 0.29) is 11.9 Å². The van der Waals surface area contributed by atoms with Gasteiger partial charge in [0.2, 0.25) is 5.91 Å². The highest BCUT2D eigenvalue weighted by molar-refractivity contribution is 5.99. The van der Waals surface area contributed by atoms with Gasteiger partial charge in [-0.1, -0.05) is 6.92 Å². The zero-order valence-corrected chi connectivity index (χ0v) is 9.81. The molecule has 1 amide bonds. The maximum atomic E-state index is 12.0. The number of rotatable bonds is 4. The van der Waals surface area contributed by atoms with E-state index in [1.165, 1.54) is 0 Å². The van der Waals surface area contributed by atoms with Crippen LogP contribution >= 0.6 is 0 Å². The number of hydrogen-bond donors (Lipinski definition) is 1. The van der Waals surface area contributed by atoms with Crippen molar-refractivity contribution >= 4 is 11.6 Å². The molecule has 1 aliphatic heterocycles. The molecule has 1 atom stereocenters. The maximum Gasteiger partial charge on any atom is 0.244 e. The van der Waals surface area contributed by atoms with Crippen molar-refractivity contribution in [3.63, 3.8) is 0 Å². The van der Waals surface area contributed by atoms with Gasteiger partial charge in [-0.05, 0) is 19.4 Å². The van der Waals surface area contributed by atoms with Gasteiger partial charge in [-0.3, -0.25) is 9.48 Å². The first-order valence-electron chi connectivity index (χ1n) is 5.75. The lowest BCUT2D eigenvalue weighted by molar-refractivity contribution is -0.118. The maximum absolute atomic E-state index is 12.0. The van der Waals surface area contributed by atoms with Crippen LogP contribution in [-0.2, 0) is 11.8 Å². The Balaban J connectivity index is 2.01. The van der Waals surface area contributed by atoms with Gasteiger partial charge in [0.1, 0.15) is 0 Å². The summed E-state index contributed by atoms with van der Waals surface area (Å²) < 4.78 is 1.72. The van der Waals surface area contributed by atoms with Gasteiger partial charge in [-0.25, -0.2) is 0 Å². The topological polar surface area (TPSA) is 50.2 Å². The van der Waals surface area contributed by atoms with E-state index in [0.717, 1.165) is 31.6 Å². The second-order valence-electron chi connectivity index (χ2n) is 4.16. The van der Waals surface area contributed by atoms with Crippen LogP contribution in [0.15, 0.2) is 12.4 Å². The van der Waals surface area contributed by atoms with Crippen molar-refractivity contribution in [1.82, 2.24) is 15.1 Å². The van der Waals surface area contributed by atoms with Gasteiger partial charge < -0.3 is 10.2 Å². The van der Waals surface area contributed by atoms with Crippen molar-refractivity contribution in [3.8, 4) is 0 Å². The fourth-order valence-corrected chi connectivity index (χ4v) is 1.99. The Morgan fingerprint density at radius 3 is 3.06 bits per heavy atom. The van der Waals surface area contributed by atoms with Crippen LogP contribution in [0.5, 0.6) is 0 Å².